The van der Waals surface area contributed by atoms with Crippen LogP contribution in [0.15, 0.2) is 41.3 Å². The summed E-state index contributed by atoms with van der Waals surface area (Å²) >= 11 is 0. The lowest BCUT2D eigenvalue weighted by atomic mass is 10.00. The highest BCUT2D eigenvalue weighted by Crippen LogP contribution is 2.30. The van der Waals surface area contributed by atoms with Crippen LogP contribution in [0.3, 0.4) is 0 Å². The standard InChI is InChI=1S/C29H33N3O3/c1-18(2)32-17-22-10-8-6-7-9-21-13-19(3)31-28(34)24(21)16-30-27(33)23-14-20(11-12-29(4,5)35)15-25(32)26(22)23/h6,8,13-15,17-18,35H,7,9-10,16H2,1-5H3,(H,30,33)(H,31,34). The molecule has 0 aliphatic carbocycles. The van der Waals surface area contributed by atoms with Gasteiger partial charge in [-0.2, -0.15) is 0 Å². The Morgan fingerprint density at radius 2 is 1.89 bits per heavy atom. The zero-order chi connectivity index (χ0) is 25.3. The molecular formula is C29H33N3O3. The molecule has 0 bridgehead atoms. The highest BCUT2D eigenvalue weighted by atomic mass is 16.3. The zero-order valence-corrected chi connectivity index (χ0v) is 21.1. The summed E-state index contributed by atoms with van der Waals surface area (Å²) in [7, 11) is 0. The fraction of sp³-hybridized carbons (Fsp3) is 0.379. The van der Waals surface area contributed by atoms with Crippen molar-refractivity contribution in [1.29, 1.82) is 0 Å². The van der Waals surface area contributed by atoms with Crippen LogP contribution in [0.25, 0.3) is 10.9 Å². The van der Waals surface area contributed by atoms with Crippen molar-refractivity contribution in [2.75, 3.05) is 0 Å². The van der Waals surface area contributed by atoms with Crippen LogP contribution >= 0.6 is 0 Å². The van der Waals surface area contributed by atoms with E-state index in [9.17, 15) is 14.7 Å². The number of aromatic nitrogens is 2. The summed E-state index contributed by atoms with van der Waals surface area (Å²) in [5.41, 5.74) is 4.22. The minimum absolute atomic E-state index is 0.148. The Morgan fingerprint density at radius 3 is 2.60 bits per heavy atom. The van der Waals surface area contributed by atoms with E-state index in [-0.39, 0.29) is 24.1 Å². The van der Waals surface area contributed by atoms with Gasteiger partial charge in [-0.05, 0) is 83.2 Å². The van der Waals surface area contributed by atoms with Gasteiger partial charge in [-0.15, -0.1) is 0 Å². The fourth-order valence-electron chi connectivity index (χ4n) is 4.56. The van der Waals surface area contributed by atoms with Crippen molar-refractivity contribution in [3.05, 3.63) is 80.4 Å². The molecule has 2 aromatic heterocycles. The first-order valence-corrected chi connectivity index (χ1v) is 12.1. The van der Waals surface area contributed by atoms with Crippen LogP contribution in [0.2, 0.25) is 0 Å². The van der Waals surface area contributed by atoms with Gasteiger partial charge in [0.05, 0.1) is 11.1 Å². The number of aliphatic hydroxyl groups is 1. The lowest BCUT2D eigenvalue weighted by Gasteiger charge is -2.13. The van der Waals surface area contributed by atoms with Crippen molar-refractivity contribution in [3.8, 4) is 11.8 Å². The third-order valence-corrected chi connectivity index (χ3v) is 6.20. The molecule has 1 aliphatic heterocycles. The molecule has 182 valence electrons. The Bertz CT molecular complexity index is 1440. The average Bonchev–Trinajstić information content (AvgIpc) is 3.14. The Balaban J connectivity index is 1.90. The number of carbonyl (C=O) groups is 1. The number of rotatable bonds is 1. The largest absolute Gasteiger partial charge is 0.378 e. The third kappa shape index (κ3) is 5.41. The number of carbonyl (C=O) groups excluding carboxylic acids is 1. The summed E-state index contributed by atoms with van der Waals surface area (Å²) in [5, 5.41) is 14.0. The van der Waals surface area contributed by atoms with Crippen LogP contribution < -0.4 is 10.9 Å². The molecule has 3 heterocycles. The van der Waals surface area contributed by atoms with Gasteiger partial charge < -0.3 is 20.0 Å². The maximum absolute atomic E-state index is 13.6. The molecule has 1 amide bonds. The van der Waals surface area contributed by atoms with Crippen molar-refractivity contribution in [3.63, 3.8) is 0 Å². The van der Waals surface area contributed by atoms with Gasteiger partial charge in [0, 0.05) is 41.0 Å². The van der Waals surface area contributed by atoms with Crippen LogP contribution in [0.4, 0.5) is 0 Å². The van der Waals surface area contributed by atoms with Crippen LogP contribution in [0.5, 0.6) is 0 Å². The Labute approximate surface area is 206 Å². The molecule has 0 atom stereocenters. The normalized spacial score (nSPS) is 14.4. The van der Waals surface area contributed by atoms with E-state index in [2.05, 4.69) is 58.9 Å². The SMILES string of the molecule is Cc1cc2c(c(=O)[nH]1)CNC(=O)c1cc(C#CC(C)(C)O)cc3c1c(cn3C(C)C)CC=CCC2. The maximum atomic E-state index is 13.6. The fourth-order valence-corrected chi connectivity index (χ4v) is 4.56. The van der Waals surface area contributed by atoms with Crippen LogP contribution in [0.1, 0.15) is 78.5 Å². The van der Waals surface area contributed by atoms with E-state index in [0.717, 1.165) is 40.6 Å². The summed E-state index contributed by atoms with van der Waals surface area (Å²) in [4.78, 5) is 29.1. The van der Waals surface area contributed by atoms with Crippen LogP contribution in [-0.4, -0.2) is 26.2 Å². The zero-order valence-electron chi connectivity index (χ0n) is 21.1. The topological polar surface area (TPSA) is 87.1 Å². The molecule has 3 aromatic rings. The number of pyridine rings is 1. The number of hydrogen-bond donors (Lipinski definition) is 3. The molecule has 6 heteroatoms. The summed E-state index contributed by atoms with van der Waals surface area (Å²) in [6.07, 6.45) is 8.66. The van der Waals surface area contributed by atoms with Gasteiger partial charge in [0.25, 0.3) is 11.5 Å². The highest BCUT2D eigenvalue weighted by Gasteiger charge is 2.20. The number of benzene rings is 1. The second kappa shape index (κ2) is 9.59. The van der Waals surface area contributed by atoms with Gasteiger partial charge in [0.2, 0.25) is 0 Å². The summed E-state index contributed by atoms with van der Waals surface area (Å²) in [6.45, 7) is 9.50. The van der Waals surface area contributed by atoms with E-state index in [1.807, 2.05) is 19.1 Å². The molecule has 0 saturated carbocycles. The number of amides is 1. The number of nitrogens with one attached hydrogen (secondary N) is 2. The van der Waals surface area contributed by atoms with Crippen molar-refractivity contribution in [2.45, 2.75) is 72.1 Å². The van der Waals surface area contributed by atoms with Gasteiger partial charge in [-0.3, -0.25) is 9.59 Å². The Morgan fingerprint density at radius 1 is 1.11 bits per heavy atom. The quantitative estimate of drug-likeness (QED) is 0.365. The van der Waals surface area contributed by atoms with Gasteiger partial charge in [-0.25, -0.2) is 0 Å². The first-order valence-electron chi connectivity index (χ1n) is 12.1. The molecule has 0 spiro atoms. The van der Waals surface area contributed by atoms with Crippen molar-refractivity contribution < 1.29 is 9.90 Å². The number of nitrogens with zero attached hydrogens (tertiary/aromatic N) is 1. The van der Waals surface area contributed by atoms with Crippen LogP contribution in [-0.2, 0) is 19.4 Å². The van der Waals surface area contributed by atoms with Crippen LogP contribution in [0, 0.1) is 18.8 Å². The van der Waals surface area contributed by atoms with Gasteiger partial charge >= 0.3 is 0 Å². The molecule has 1 aliphatic rings. The second-order valence-corrected chi connectivity index (χ2v) is 10.1. The Hall–Kier alpha value is -3.56. The third-order valence-electron chi connectivity index (χ3n) is 6.20. The molecule has 6 nitrogen and oxygen atoms in total. The maximum Gasteiger partial charge on any atom is 0.253 e. The molecule has 0 radical (unpaired) electrons. The number of hydrogen-bond acceptors (Lipinski definition) is 3. The van der Waals surface area contributed by atoms with Gasteiger partial charge in [-0.1, -0.05) is 24.0 Å². The lowest BCUT2D eigenvalue weighted by Crippen LogP contribution is -2.28. The molecule has 0 saturated heterocycles. The number of H-pyrrole nitrogens is 1. The summed E-state index contributed by atoms with van der Waals surface area (Å²) < 4.78 is 2.17. The van der Waals surface area contributed by atoms with Gasteiger partial charge in [0.1, 0.15) is 5.60 Å². The minimum atomic E-state index is -1.15. The van der Waals surface area contributed by atoms with E-state index >= 15 is 0 Å². The van der Waals surface area contributed by atoms with Gasteiger partial charge in [0.15, 0.2) is 0 Å². The second-order valence-electron chi connectivity index (χ2n) is 10.1. The minimum Gasteiger partial charge on any atom is -0.378 e. The van der Waals surface area contributed by atoms with Crippen molar-refractivity contribution in [2.24, 2.45) is 0 Å². The van der Waals surface area contributed by atoms with E-state index in [0.29, 0.717) is 23.1 Å². The molecule has 3 N–H and O–H groups in total. The van der Waals surface area contributed by atoms with E-state index in [1.54, 1.807) is 19.9 Å². The predicted octanol–water partition coefficient (Wildman–Crippen LogP) is 4.32. The van der Waals surface area contributed by atoms with Crippen molar-refractivity contribution >= 4 is 16.8 Å². The van der Waals surface area contributed by atoms with E-state index < -0.39 is 5.60 Å². The Kier molecular flexibility index (Phi) is 6.73. The highest BCUT2D eigenvalue weighted by molar-refractivity contribution is 6.08. The summed E-state index contributed by atoms with van der Waals surface area (Å²) in [6, 6.07) is 5.95. The first kappa shape index (κ1) is 24.6. The molecule has 0 fully saturated rings. The molecule has 4 rings (SSSR count). The number of allylic oxidation sites excluding steroid dienone is 2. The number of fused-ring (bicyclic) bond motifs is 1. The first-order chi connectivity index (χ1) is 16.5. The van der Waals surface area contributed by atoms with E-state index in [4.69, 9.17) is 0 Å². The molecular weight excluding hydrogens is 438 g/mol. The van der Waals surface area contributed by atoms with E-state index in [1.165, 1.54) is 0 Å². The number of aromatic amines is 1. The molecule has 35 heavy (non-hydrogen) atoms. The number of aryl methyl sites for hydroxylation is 2. The van der Waals surface area contributed by atoms with Crippen molar-refractivity contribution in [1.82, 2.24) is 14.9 Å². The summed E-state index contributed by atoms with van der Waals surface area (Å²) in [5.74, 6) is 5.64. The predicted molar refractivity (Wildman–Crippen MR) is 140 cm³/mol. The average molecular weight is 472 g/mol. The molecule has 1 aromatic carbocycles. The lowest BCUT2D eigenvalue weighted by molar-refractivity contribution is 0.0952. The smallest absolute Gasteiger partial charge is 0.253 e. The monoisotopic (exact) mass is 471 g/mol. The molecule has 0 unspecified atom stereocenters.